The highest BCUT2D eigenvalue weighted by atomic mass is 19.1. The van der Waals surface area contributed by atoms with Gasteiger partial charge in [-0.25, -0.2) is 14.2 Å². The van der Waals surface area contributed by atoms with Crippen LogP contribution in [0.1, 0.15) is 57.8 Å². The Labute approximate surface area is 234 Å². The molecule has 2 aliphatic heterocycles. The first-order chi connectivity index (χ1) is 19.0. The van der Waals surface area contributed by atoms with Crippen LogP contribution >= 0.6 is 0 Å². The lowest BCUT2D eigenvalue weighted by atomic mass is 9.76. The van der Waals surface area contributed by atoms with E-state index in [0.717, 1.165) is 39.0 Å². The second-order valence-corrected chi connectivity index (χ2v) is 11.4. The Morgan fingerprint density at radius 1 is 1.20 bits per heavy atom. The molecule has 1 aromatic heterocycles. The van der Waals surface area contributed by atoms with Gasteiger partial charge < -0.3 is 25.0 Å². The molecule has 2 N–H and O–H groups in total. The van der Waals surface area contributed by atoms with Gasteiger partial charge in [0.2, 0.25) is 0 Å². The van der Waals surface area contributed by atoms with Gasteiger partial charge in [-0.2, -0.15) is 0 Å². The summed E-state index contributed by atoms with van der Waals surface area (Å²) >= 11 is 0. The second-order valence-electron chi connectivity index (χ2n) is 11.4. The minimum absolute atomic E-state index is 0.0591. The van der Waals surface area contributed by atoms with Crippen LogP contribution in [0.15, 0.2) is 24.5 Å². The third kappa shape index (κ3) is 6.43. The molecule has 1 aromatic carbocycles. The Kier molecular flexibility index (Phi) is 9.07. The molecule has 0 radical (unpaired) electrons. The third-order valence-corrected chi connectivity index (χ3v) is 7.89. The number of carbonyl (C=O) groups is 2. The van der Waals surface area contributed by atoms with Crippen LogP contribution in [0.2, 0.25) is 0 Å². The number of hydrogen-bond acceptors (Lipinski definition) is 9. The van der Waals surface area contributed by atoms with E-state index in [2.05, 4.69) is 38.8 Å². The molecule has 0 aliphatic carbocycles. The summed E-state index contributed by atoms with van der Waals surface area (Å²) in [6.45, 7) is 14.2. The van der Waals surface area contributed by atoms with Crippen molar-refractivity contribution in [2.24, 2.45) is 17.1 Å². The number of rotatable bonds is 11. The van der Waals surface area contributed by atoms with Gasteiger partial charge in [-0.3, -0.25) is 9.69 Å². The summed E-state index contributed by atoms with van der Waals surface area (Å²) in [6, 6.07) is 4.13. The molecule has 1 unspecified atom stereocenters. The Morgan fingerprint density at radius 3 is 2.60 bits per heavy atom. The van der Waals surface area contributed by atoms with Crippen LogP contribution in [-0.4, -0.2) is 88.4 Å². The zero-order chi connectivity index (χ0) is 29.0. The smallest absolute Gasteiger partial charge is 0.404 e. The maximum absolute atomic E-state index is 14.2. The summed E-state index contributed by atoms with van der Waals surface area (Å²) in [7, 11) is 0. The van der Waals surface area contributed by atoms with Gasteiger partial charge >= 0.3 is 6.09 Å². The van der Waals surface area contributed by atoms with Crippen molar-refractivity contribution in [3.63, 3.8) is 0 Å². The number of ether oxygens (including phenoxy) is 2. The Bertz CT molecular complexity index is 1200. The molecule has 4 rings (SSSR count). The van der Waals surface area contributed by atoms with Crippen molar-refractivity contribution < 1.29 is 23.5 Å². The van der Waals surface area contributed by atoms with Crippen molar-refractivity contribution in [1.82, 2.24) is 25.0 Å². The van der Waals surface area contributed by atoms with E-state index in [9.17, 15) is 14.0 Å². The minimum Gasteiger partial charge on any atom is -0.450 e. The molecule has 0 saturated carbocycles. The van der Waals surface area contributed by atoms with E-state index in [4.69, 9.17) is 15.2 Å². The number of halogens is 1. The van der Waals surface area contributed by atoms with Gasteiger partial charge in [0, 0.05) is 50.2 Å². The molecule has 12 heteroatoms. The molecule has 218 valence electrons. The first kappa shape index (κ1) is 29.4. The quantitative estimate of drug-likeness (QED) is 0.440. The van der Waals surface area contributed by atoms with Crippen LogP contribution in [0, 0.1) is 17.2 Å². The largest absolute Gasteiger partial charge is 0.450 e. The van der Waals surface area contributed by atoms with Crippen LogP contribution in [0.4, 0.5) is 15.0 Å². The first-order valence-electron chi connectivity index (χ1n) is 13.9. The monoisotopic (exact) mass is 557 g/mol. The summed E-state index contributed by atoms with van der Waals surface area (Å²) < 4.78 is 25.3. The lowest BCUT2D eigenvalue weighted by Gasteiger charge is -2.52. The van der Waals surface area contributed by atoms with Crippen molar-refractivity contribution in [3.8, 4) is 11.6 Å². The topological polar surface area (TPSA) is 127 Å². The molecule has 3 heterocycles. The van der Waals surface area contributed by atoms with Crippen molar-refractivity contribution in [2.45, 2.75) is 59.5 Å². The number of aromatic nitrogens is 3. The summed E-state index contributed by atoms with van der Waals surface area (Å²) in [5.41, 5.74) is 5.35. The molecule has 40 heavy (non-hydrogen) atoms. The van der Waals surface area contributed by atoms with Crippen molar-refractivity contribution in [3.05, 3.63) is 35.9 Å². The Balaban J connectivity index is 1.48. The van der Waals surface area contributed by atoms with Gasteiger partial charge in [-0.15, -0.1) is 10.2 Å². The number of hydrogen-bond donors (Lipinski definition) is 1. The highest BCUT2D eigenvalue weighted by Crippen LogP contribution is 2.44. The van der Waals surface area contributed by atoms with Gasteiger partial charge in [0.15, 0.2) is 5.82 Å². The number of nitrogens with two attached hydrogens (primary N) is 1. The van der Waals surface area contributed by atoms with Gasteiger partial charge in [-0.05, 0) is 57.7 Å². The number of carbonyl (C=O) groups excluding carboxylic acids is 2. The van der Waals surface area contributed by atoms with Gasteiger partial charge in [0.05, 0.1) is 12.2 Å². The van der Waals surface area contributed by atoms with Crippen LogP contribution < -0.4 is 15.4 Å². The molecule has 2 saturated heterocycles. The van der Waals surface area contributed by atoms with Crippen molar-refractivity contribution in [2.75, 3.05) is 44.2 Å². The van der Waals surface area contributed by atoms with Crippen LogP contribution in [0.3, 0.4) is 0 Å². The highest BCUT2D eigenvalue weighted by molar-refractivity contribution is 5.97. The standard InChI is InChI=1S/C28H40FN7O4/c1-6-36(19(4)5)26(37)21-13-20(29)7-8-23(21)40-25-24(31-17-32-33-25)34-11-10-28(14-34)15-35(16-28)22(18(2)3)9-12-39-27(30)38/h7-8,13,17-19,22H,6,9-12,14-16H2,1-5H3,(H2,30,38). The third-order valence-electron chi connectivity index (χ3n) is 7.89. The predicted molar refractivity (Wildman–Crippen MR) is 148 cm³/mol. The van der Waals surface area contributed by atoms with Gasteiger partial charge in [0.1, 0.15) is 17.9 Å². The maximum atomic E-state index is 14.2. The first-order valence-corrected chi connectivity index (χ1v) is 13.9. The molecule has 1 atom stereocenters. The van der Waals surface area contributed by atoms with E-state index < -0.39 is 11.9 Å². The lowest BCUT2D eigenvalue weighted by molar-refractivity contribution is -0.0380. The van der Waals surface area contributed by atoms with Crippen molar-refractivity contribution in [1.29, 1.82) is 0 Å². The number of amides is 2. The van der Waals surface area contributed by atoms with E-state index in [1.165, 1.54) is 24.5 Å². The van der Waals surface area contributed by atoms with Gasteiger partial charge in [0.25, 0.3) is 11.8 Å². The number of benzene rings is 1. The molecular weight excluding hydrogens is 517 g/mol. The lowest BCUT2D eigenvalue weighted by Crippen LogP contribution is -2.62. The van der Waals surface area contributed by atoms with Crippen molar-refractivity contribution >= 4 is 17.8 Å². The second kappa shape index (κ2) is 12.3. The van der Waals surface area contributed by atoms with E-state index in [1.54, 1.807) is 4.90 Å². The molecule has 11 nitrogen and oxygen atoms in total. The van der Waals surface area contributed by atoms with E-state index in [-0.39, 0.29) is 34.6 Å². The number of nitrogens with zero attached hydrogens (tertiary/aromatic N) is 6. The fraction of sp³-hybridized carbons (Fsp3) is 0.607. The van der Waals surface area contributed by atoms with Gasteiger partial charge in [-0.1, -0.05) is 13.8 Å². The summed E-state index contributed by atoms with van der Waals surface area (Å²) in [5, 5.41) is 8.11. The number of anilines is 1. The Morgan fingerprint density at radius 2 is 1.95 bits per heavy atom. The fourth-order valence-corrected chi connectivity index (χ4v) is 5.94. The molecule has 0 bridgehead atoms. The van der Waals surface area contributed by atoms with Crippen LogP contribution in [0.25, 0.3) is 0 Å². The molecular formula is C28H40FN7O4. The zero-order valence-corrected chi connectivity index (χ0v) is 24.0. The van der Waals surface area contributed by atoms with E-state index in [0.29, 0.717) is 30.9 Å². The average Bonchev–Trinajstić information content (AvgIpc) is 3.33. The molecule has 2 amide bonds. The van der Waals surface area contributed by atoms with E-state index >= 15 is 0 Å². The SMILES string of the molecule is CCN(C(=O)c1cc(F)ccc1Oc1nncnc1N1CCC2(C1)CN(C(CCOC(N)=O)C(C)C)C2)C(C)C. The average molecular weight is 558 g/mol. The normalized spacial score (nSPS) is 17.2. The zero-order valence-electron chi connectivity index (χ0n) is 24.0. The summed E-state index contributed by atoms with van der Waals surface area (Å²) in [5.74, 6) is 0.484. The predicted octanol–water partition coefficient (Wildman–Crippen LogP) is 3.70. The molecule has 2 aromatic rings. The molecule has 1 spiro atoms. The Hall–Kier alpha value is -3.54. The van der Waals surface area contributed by atoms with Crippen LogP contribution in [-0.2, 0) is 4.74 Å². The number of likely N-dealkylation sites (tertiary alicyclic amines) is 1. The number of primary amides is 1. The van der Waals surface area contributed by atoms with Crippen LogP contribution in [0.5, 0.6) is 11.6 Å². The van der Waals surface area contributed by atoms with E-state index in [1.807, 2.05) is 20.8 Å². The molecule has 2 aliphatic rings. The summed E-state index contributed by atoms with van der Waals surface area (Å²) in [6.07, 6.45) is 2.35. The fourth-order valence-electron chi connectivity index (χ4n) is 5.94. The summed E-state index contributed by atoms with van der Waals surface area (Å²) in [4.78, 5) is 35.0. The maximum Gasteiger partial charge on any atom is 0.404 e. The highest BCUT2D eigenvalue weighted by Gasteiger charge is 2.50. The minimum atomic E-state index is -0.745. The molecule has 2 fully saturated rings.